The fourth-order valence-corrected chi connectivity index (χ4v) is 10.7. The molecule has 4 fully saturated rings. The van der Waals surface area contributed by atoms with Crippen LogP contribution < -0.4 is 10.6 Å². The van der Waals surface area contributed by atoms with E-state index in [1.165, 1.54) is 12.3 Å². The first-order chi connectivity index (χ1) is 36.3. The number of anilines is 4. The summed E-state index contributed by atoms with van der Waals surface area (Å²) in [5.41, 5.74) is 4.21. The van der Waals surface area contributed by atoms with Crippen LogP contribution in [0.4, 0.5) is 28.3 Å². The topological polar surface area (TPSA) is 239 Å². The monoisotopic (exact) mass is 1020 g/mol. The summed E-state index contributed by atoms with van der Waals surface area (Å²) in [6.07, 6.45) is 16.2. The number of pyridine rings is 2. The number of amides is 4. The van der Waals surface area contributed by atoms with Gasteiger partial charge in [0.2, 0.25) is 11.9 Å². The molecule has 2 saturated heterocycles. The molecule has 6 aromatic heterocycles. The zero-order valence-corrected chi connectivity index (χ0v) is 42.4. The van der Waals surface area contributed by atoms with E-state index in [1.807, 2.05) is 51.9 Å². The second kappa shape index (κ2) is 21.5. The highest BCUT2D eigenvalue weighted by molar-refractivity contribution is 5.99. The summed E-state index contributed by atoms with van der Waals surface area (Å²) < 4.78 is 9.66. The number of carboxylic acids is 1. The van der Waals surface area contributed by atoms with Crippen molar-refractivity contribution in [1.82, 2.24) is 58.6 Å². The molecule has 3 N–H and O–H groups in total. The molecule has 7 aromatic rings. The Kier molecular flexibility index (Phi) is 14.4. The highest BCUT2D eigenvalue weighted by Gasteiger charge is 2.44. The molecular formula is C54H60N14O7. The zero-order valence-electron chi connectivity index (χ0n) is 42.4. The van der Waals surface area contributed by atoms with E-state index in [-0.39, 0.29) is 60.2 Å². The van der Waals surface area contributed by atoms with Gasteiger partial charge in [-0.3, -0.25) is 14.4 Å². The number of fused-ring (bicyclic) bond motifs is 4. The Balaban J connectivity index is 0.000000190. The van der Waals surface area contributed by atoms with Crippen LogP contribution in [0.25, 0.3) is 22.1 Å². The molecule has 2 aliphatic heterocycles. The fraction of sp³-hybridized carbons (Fsp3) is 0.389. The van der Waals surface area contributed by atoms with E-state index in [1.54, 1.807) is 79.7 Å². The van der Waals surface area contributed by atoms with E-state index in [0.717, 1.165) is 86.2 Å². The van der Waals surface area contributed by atoms with Gasteiger partial charge in [-0.05, 0) is 80.5 Å². The highest BCUT2D eigenvalue weighted by atomic mass is 16.6. The molecule has 2 saturated carbocycles. The van der Waals surface area contributed by atoms with Crippen molar-refractivity contribution in [3.05, 3.63) is 120 Å². The first-order valence-electron chi connectivity index (χ1n) is 25.5. The Morgan fingerprint density at radius 1 is 0.600 bits per heavy atom. The SMILES string of the molecule is CN(C)C(=O)c1cc2cnc(Nc3ccc(C(=O)N4C5CCC4CN(C(=O)OCc4ccccc4)C5)cn3)nc2n1C1CCCC1.CN(C)C(=O)c1cc2cnc(Nc3ccc(C(=O)O)cn3)nc2n1C1CCCC1. The smallest absolute Gasteiger partial charge is 0.410 e. The van der Waals surface area contributed by atoms with Crippen LogP contribution >= 0.6 is 0 Å². The van der Waals surface area contributed by atoms with E-state index in [9.17, 15) is 24.0 Å². The third-order valence-corrected chi connectivity index (χ3v) is 14.5. The molecular weight excluding hydrogens is 957 g/mol. The Morgan fingerprint density at radius 2 is 1.08 bits per heavy atom. The van der Waals surface area contributed by atoms with Crippen LogP contribution in [0, 0.1) is 0 Å². The van der Waals surface area contributed by atoms with Gasteiger partial charge in [0.05, 0.1) is 23.2 Å². The van der Waals surface area contributed by atoms with Crippen molar-refractivity contribution in [3.63, 3.8) is 0 Å². The molecule has 4 aliphatic rings. The molecule has 0 radical (unpaired) electrons. The molecule has 0 spiro atoms. The lowest BCUT2D eigenvalue weighted by molar-refractivity contribution is 0.0334. The summed E-state index contributed by atoms with van der Waals surface area (Å²) in [5.74, 6) is 0.423. The summed E-state index contributed by atoms with van der Waals surface area (Å²) in [4.78, 5) is 96.8. The molecule has 2 aliphatic carbocycles. The molecule has 21 heteroatoms. The summed E-state index contributed by atoms with van der Waals surface area (Å²) in [6, 6.07) is 20.2. The first-order valence-corrected chi connectivity index (χ1v) is 25.5. The lowest BCUT2D eigenvalue weighted by atomic mass is 10.1. The molecule has 1 aromatic carbocycles. The molecule has 2 bridgehead atoms. The van der Waals surface area contributed by atoms with Gasteiger partial charge in [-0.25, -0.2) is 29.5 Å². The fourth-order valence-electron chi connectivity index (χ4n) is 10.7. The second-order valence-corrected chi connectivity index (χ2v) is 20.0. The van der Waals surface area contributed by atoms with Crippen molar-refractivity contribution < 1.29 is 33.8 Å². The van der Waals surface area contributed by atoms with Crippen LogP contribution in [-0.2, 0) is 11.3 Å². The predicted octanol–water partition coefficient (Wildman–Crippen LogP) is 8.10. The van der Waals surface area contributed by atoms with Crippen molar-refractivity contribution in [3.8, 4) is 0 Å². The minimum Gasteiger partial charge on any atom is -0.478 e. The Labute approximate surface area is 433 Å². The number of carbonyl (C=O) groups excluding carboxylic acids is 4. The van der Waals surface area contributed by atoms with E-state index < -0.39 is 5.97 Å². The van der Waals surface area contributed by atoms with Crippen LogP contribution in [-0.4, -0.2) is 147 Å². The molecule has 2 atom stereocenters. The van der Waals surface area contributed by atoms with E-state index >= 15 is 0 Å². The number of likely N-dealkylation sites (tertiary alicyclic amines) is 1. The summed E-state index contributed by atoms with van der Waals surface area (Å²) >= 11 is 0. The number of aromatic carboxylic acids is 1. The standard InChI is InChI=1S/C34H38N8O4.C20H22N6O3/c1-39(2)32(44)28-16-24-18-36-33(38-30(24)42(28)25-10-6-7-11-25)37-29-15-12-23(17-35-29)31(43)41-26-13-14-27(41)20-40(19-26)34(45)46-21-22-8-4-3-5-9-22;1-25(2)18(27)15-9-13-11-22-20(23-16-8-7-12(10-21-16)19(28)29)24-17(13)26(15)14-5-3-4-6-14/h3-5,8-9,12,15-18,25-27H,6-7,10-11,13-14,19-21H2,1-2H3,(H,35,36,37,38);7-11,14H,3-6H2,1-2H3,(H,28,29)(H,21,22,23,24). The van der Waals surface area contributed by atoms with E-state index in [4.69, 9.17) is 14.8 Å². The Morgan fingerprint density at radius 3 is 1.52 bits per heavy atom. The maximum Gasteiger partial charge on any atom is 0.410 e. The van der Waals surface area contributed by atoms with Crippen molar-refractivity contribution in [2.45, 2.75) is 95.0 Å². The molecule has 4 amide bonds. The third kappa shape index (κ3) is 10.7. The molecule has 21 nitrogen and oxygen atoms in total. The molecule has 388 valence electrons. The number of hydrogen-bond acceptors (Lipinski definition) is 14. The maximum absolute atomic E-state index is 13.6. The quantitative estimate of drug-likeness (QED) is 0.105. The van der Waals surface area contributed by atoms with Crippen LogP contribution in [0.2, 0.25) is 0 Å². The van der Waals surface area contributed by atoms with Crippen molar-refractivity contribution >= 4 is 75.4 Å². The van der Waals surface area contributed by atoms with Crippen molar-refractivity contribution in [2.75, 3.05) is 51.9 Å². The largest absolute Gasteiger partial charge is 0.478 e. The number of nitrogens with zero attached hydrogens (tertiary/aromatic N) is 12. The number of benzene rings is 1. The van der Waals surface area contributed by atoms with Gasteiger partial charge in [-0.2, -0.15) is 9.97 Å². The lowest BCUT2D eigenvalue weighted by Gasteiger charge is -2.40. The van der Waals surface area contributed by atoms with Crippen LogP contribution in [0.1, 0.15) is 124 Å². The lowest BCUT2D eigenvalue weighted by Crippen LogP contribution is -2.57. The number of aromatic nitrogens is 8. The Hall–Kier alpha value is -8.49. The summed E-state index contributed by atoms with van der Waals surface area (Å²) in [5, 5.41) is 16.8. The Bertz CT molecular complexity index is 3220. The van der Waals surface area contributed by atoms with Crippen molar-refractivity contribution in [1.29, 1.82) is 0 Å². The maximum atomic E-state index is 13.6. The van der Waals surface area contributed by atoms with Gasteiger partial charge in [0.25, 0.3) is 17.7 Å². The minimum absolute atomic E-state index is 0.0563. The van der Waals surface area contributed by atoms with Crippen LogP contribution in [0.15, 0.2) is 91.5 Å². The predicted molar refractivity (Wildman–Crippen MR) is 279 cm³/mol. The minimum atomic E-state index is -1.03. The number of carboxylic acid groups (broad SMARTS) is 1. The number of nitrogens with one attached hydrogen (secondary N) is 2. The van der Waals surface area contributed by atoms with Gasteiger partial charge in [0.1, 0.15) is 40.9 Å². The van der Waals surface area contributed by atoms with E-state index in [0.29, 0.717) is 59.2 Å². The molecule has 2 unspecified atom stereocenters. The van der Waals surface area contributed by atoms with E-state index in [2.05, 4.69) is 40.1 Å². The number of rotatable bonds is 12. The summed E-state index contributed by atoms with van der Waals surface area (Å²) in [7, 11) is 6.99. The highest BCUT2D eigenvalue weighted by Crippen LogP contribution is 2.37. The number of hydrogen-bond donors (Lipinski definition) is 3. The average Bonchev–Trinajstić information content (AvgIpc) is 4.30. The van der Waals surface area contributed by atoms with Gasteiger partial charge in [0.15, 0.2) is 0 Å². The normalized spacial score (nSPS) is 17.4. The van der Waals surface area contributed by atoms with Gasteiger partial charge in [0, 0.05) is 88.9 Å². The average molecular weight is 1020 g/mol. The van der Waals surface area contributed by atoms with Crippen molar-refractivity contribution in [2.24, 2.45) is 0 Å². The number of carbonyl (C=O) groups is 5. The molecule has 75 heavy (non-hydrogen) atoms. The molecule has 11 rings (SSSR count). The molecule has 8 heterocycles. The number of piperazine rings is 1. The van der Waals surface area contributed by atoms with Gasteiger partial charge in [-0.15, -0.1) is 0 Å². The van der Waals surface area contributed by atoms with Crippen LogP contribution in [0.3, 0.4) is 0 Å². The summed E-state index contributed by atoms with van der Waals surface area (Å²) in [6.45, 7) is 1.13. The second-order valence-electron chi connectivity index (χ2n) is 20.0. The van der Waals surface area contributed by atoms with Crippen LogP contribution in [0.5, 0.6) is 0 Å². The van der Waals surface area contributed by atoms with Gasteiger partial charge in [-0.1, -0.05) is 56.0 Å². The van der Waals surface area contributed by atoms with Gasteiger partial charge < -0.3 is 49.2 Å². The number of ether oxygens (including phenoxy) is 1. The third-order valence-electron chi connectivity index (χ3n) is 14.5. The van der Waals surface area contributed by atoms with Gasteiger partial charge >= 0.3 is 12.1 Å². The first kappa shape index (κ1) is 50.1. The zero-order chi connectivity index (χ0) is 52.3.